The zero-order valence-corrected chi connectivity index (χ0v) is 16.2. The first-order valence-electron chi connectivity index (χ1n) is 8.27. The highest BCUT2D eigenvalue weighted by Crippen LogP contribution is 2.37. The van der Waals surface area contributed by atoms with Gasteiger partial charge in [-0.15, -0.1) is 0 Å². The molecular weight excluding hydrogens is 314 g/mol. The molecular formula is C20H27NO2Si. The predicted molar refractivity (Wildman–Crippen MR) is 103 cm³/mol. The van der Waals surface area contributed by atoms with E-state index in [1.54, 1.807) is 0 Å². The van der Waals surface area contributed by atoms with E-state index in [1.807, 2.05) is 54.6 Å². The molecule has 0 heterocycles. The Morgan fingerprint density at radius 2 is 1.58 bits per heavy atom. The van der Waals surface area contributed by atoms with Crippen molar-refractivity contribution in [2.75, 3.05) is 0 Å². The summed E-state index contributed by atoms with van der Waals surface area (Å²) in [5.41, 5.74) is 2.68. The van der Waals surface area contributed by atoms with E-state index < -0.39 is 8.32 Å². The van der Waals surface area contributed by atoms with Crippen molar-refractivity contribution in [3.05, 3.63) is 65.7 Å². The minimum Gasteiger partial charge on any atom is -0.544 e. The van der Waals surface area contributed by atoms with Crippen molar-refractivity contribution in [1.29, 1.82) is 0 Å². The minimum absolute atomic E-state index is 0.163. The Labute approximate surface area is 146 Å². The molecule has 1 N–H and O–H groups in total. The summed E-state index contributed by atoms with van der Waals surface area (Å²) in [5.74, 6) is 0.877. The first-order valence-corrected chi connectivity index (χ1v) is 11.2. The van der Waals surface area contributed by atoms with E-state index in [0.717, 1.165) is 16.9 Å². The molecule has 24 heavy (non-hydrogen) atoms. The number of hydrogen-bond acceptors (Lipinski definition) is 3. The van der Waals surface area contributed by atoms with Crippen molar-refractivity contribution in [3.63, 3.8) is 0 Å². The third kappa shape index (κ3) is 4.48. The Kier molecular flexibility index (Phi) is 5.50. The van der Waals surface area contributed by atoms with Crippen molar-refractivity contribution >= 4 is 14.0 Å². The van der Waals surface area contributed by atoms with E-state index in [1.165, 1.54) is 0 Å². The van der Waals surface area contributed by atoms with Gasteiger partial charge in [-0.3, -0.25) is 0 Å². The van der Waals surface area contributed by atoms with Crippen LogP contribution in [-0.4, -0.2) is 19.2 Å². The van der Waals surface area contributed by atoms with Gasteiger partial charge in [-0.1, -0.05) is 56.3 Å². The van der Waals surface area contributed by atoms with Crippen LogP contribution in [0.25, 0.3) is 0 Å². The van der Waals surface area contributed by atoms with Gasteiger partial charge < -0.3 is 9.63 Å². The summed E-state index contributed by atoms with van der Waals surface area (Å²) in [7, 11) is -1.84. The number of nitrogens with zero attached hydrogens (tertiary/aromatic N) is 1. The van der Waals surface area contributed by atoms with E-state index >= 15 is 0 Å². The maximum absolute atomic E-state index is 9.37. The summed E-state index contributed by atoms with van der Waals surface area (Å²) in [4.78, 5) is 0. The molecule has 2 aromatic carbocycles. The number of oxime groups is 1. The Balaban J connectivity index is 2.13. The highest BCUT2D eigenvalue weighted by Gasteiger charge is 2.38. The topological polar surface area (TPSA) is 41.8 Å². The molecule has 0 spiro atoms. The van der Waals surface area contributed by atoms with E-state index in [9.17, 15) is 5.21 Å². The molecule has 0 aliphatic heterocycles. The highest BCUT2D eigenvalue weighted by molar-refractivity contribution is 6.74. The largest absolute Gasteiger partial charge is 0.544 e. The van der Waals surface area contributed by atoms with Gasteiger partial charge in [0.05, 0.1) is 5.71 Å². The molecule has 0 aromatic heterocycles. The molecule has 4 heteroatoms. The summed E-state index contributed by atoms with van der Waals surface area (Å²) in [6.07, 6.45) is 0.597. The van der Waals surface area contributed by atoms with E-state index in [2.05, 4.69) is 39.0 Å². The van der Waals surface area contributed by atoms with Gasteiger partial charge in [0.15, 0.2) is 0 Å². The summed E-state index contributed by atoms with van der Waals surface area (Å²) in [6.45, 7) is 11.1. The molecule has 0 bridgehead atoms. The molecule has 0 unspecified atom stereocenters. The highest BCUT2D eigenvalue weighted by atomic mass is 28.4. The van der Waals surface area contributed by atoms with Crippen molar-refractivity contribution in [1.82, 2.24) is 0 Å². The van der Waals surface area contributed by atoms with Crippen LogP contribution < -0.4 is 4.43 Å². The van der Waals surface area contributed by atoms with Gasteiger partial charge in [0.1, 0.15) is 5.75 Å². The van der Waals surface area contributed by atoms with Crippen LogP contribution in [0.5, 0.6) is 5.75 Å². The summed E-state index contributed by atoms with van der Waals surface area (Å²) in [6, 6.07) is 17.9. The monoisotopic (exact) mass is 341 g/mol. The first-order chi connectivity index (χ1) is 11.2. The van der Waals surface area contributed by atoms with Crippen LogP contribution in [0.2, 0.25) is 18.1 Å². The Hall–Kier alpha value is -2.07. The summed E-state index contributed by atoms with van der Waals surface area (Å²) < 4.78 is 6.29. The molecule has 0 amide bonds. The van der Waals surface area contributed by atoms with Gasteiger partial charge in [0.25, 0.3) is 0 Å². The number of hydrogen-bond donors (Lipinski definition) is 1. The second-order valence-electron chi connectivity index (χ2n) is 7.60. The van der Waals surface area contributed by atoms with Crippen molar-refractivity contribution in [2.45, 2.75) is 45.3 Å². The van der Waals surface area contributed by atoms with E-state index in [4.69, 9.17) is 4.43 Å². The molecule has 0 atom stereocenters. The summed E-state index contributed by atoms with van der Waals surface area (Å²) >= 11 is 0. The lowest BCUT2D eigenvalue weighted by Gasteiger charge is -2.36. The smallest absolute Gasteiger partial charge is 0.250 e. The van der Waals surface area contributed by atoms with E-state index in [0.29, 0.717) is 12.1 Å². The molecule has 0 aliphatic carbocycles. The van der Waals surface area contributed by atoms with Crippen LogP contribution in [0.15, 0.2) is 59.8 Å². The van der Waals surface area contributed by atoms with Gasteiger partial charge in [-0.2, -0.15) is 0 Å². The Bertz CT molecular complexity index is 686. The van der Waals surface area contributed by atoms with Crippen LogP contribution in [0.3, 0.4) is 0 Å². The lowest BCUT2D eigenvalue weighted by atomic mass is 10.0. The van der Waals surface area contributed by atoms with E-state index in [-0.39, 0.29) is 5.04 Å². The molecule has 0 fully saturated rings. The lowest BCUT2D eigenvalue weighted by Crippen LogP contribution is -2.43. The van der Waals surface area contributed by atoms with Crippen molar-refractivity contribution in [2.24, 2.45) is 5.16 Å². The average Bonchev–Trinajstić information content (AvgIpc) is 2.53. The minimum atomic E-state index is -1.84. The third-order valence-electron chi connectivity index (χ3n) is 4.70. The fraction of sp³-hybridized carbons (Fsp3) is 0.350. The van der Waals surface area contributed by atoms with Gasteiger partial charge >= 0.3 is 0 Å². The lowest BCUT2D eigenvalue weighted by molar-refractivity contribution is 0.318. The maximum atomic E-state index is 9.37. The van der Waals surface area contributed by atoms with Crippen LogP contribution in [-0.2, 0) is 6.42 Å². The zero-order chi connectivity index (χ0) is 17.8. The molecule has 0 aliphatic rings. The molecule has 2 aromatic rings. The molecule has 2 rings (SSSR count). The number of benzene rings is 2. The fourth-order valence-electron chi connectivity index (χ4n) is 2.15. The van der Waals surface area contributed by atoms with Crippen LogP contribution >= 0.6 is 0 Å². The van der Waals surface area contributed by atoms with Gasteiger partial charge in [0, 0.05) is 6.42 Å². The van der Waals surface area contributed by atoms with Gasteiger partial charge in [-0.25, -0.2) is 0 Å². The Morgan fingerprint density at radius 3 is 2.08 bits per heavy atom. The Morgan fingerprint density at radius 1 is 1.00 bits per heavy atom. The second-order valence-corrected chi connectivity index (χ2v) is 12.3. The SMILES string of the molecule is CC(C)(C)[Si](C)(C)Oc1ccc(/C(Cc2ccccc2)=N\O)cc1. The molecule has 128 valence electrons. The second kappa shape index (κ2) is 7.22. The third-order valence-corrected chi connectivity index (χ3v) is 9.06. The quantitative estimate of drug-likeness (QED) is 0.338. The average molecular weight is 342 g/mol. The number of rotatable bonds is 5. The molecule has 3 nitrogen and oxygen atoms in total. The maximum Gasteiger partial charge on any atom is 0.250 e. The molecule has 0 radical (unpaired) electrons. The van der Waals surface area contributed by atoms with Crippen LogP contribution in [0.4, 0.5) is 0 Å². The first kappa shape index (κ1) is 18.3. The van der Waals surface area contributed by atoms with Gasteiger partial charge in [0.2, 0.25) is 8.32 Å². The standard InChI is InChI=1S/C20H27NO2Si/c1-20(2,3)24(4,5)23-18-13-11-17(12-14-18)19(21-22)15-16-9-7-6-8-10-16/h6-14,22H,15H2,1-5H3/b21-19-. The fourth-order valence-corrected chi connectivity index (χ4v) is 3.18. The molecule has 0 saturated heterocycles. The summed E-state index contributed by atoms with van der Waals surface area (Å²) in [5, 5.41) is 13.0. The van der Waals surface area contributed by atoms with Crippen LogP contribution in [0, 0.1) is 0 Å². The normalized spacial score (nSPS) is 13.0. The van der Waals surface area contributed by atoms with Gasteiger partial charge in [-0.05, 0) is 53.5 Å². The predicted octanol–water partition coefficient (Wildman–Crippen LogP) is 5.49. The van der Waals surface area contributed by atoms with Crippen molar-refractivity contribution < 1.29 is 9.63 Å². The van der Waals surface area contributed by atoms with Crippen LogP contribution in [0.1, 0.15) is 31.9 Å². The zero-order valence-electron chi connectivity index (χ0n) is 15.2. The molecule has 0 saturated carbocycles. The van der Waals surface area contributed by atoms with Crippen molar-refractivity contribution in [3.8, 4) is 5.75 Å².